The molecule has 0 spiro atoms. The minimum Gasteiger partial charge on any atom is -0.536 e. The van der Waals surface area contributed by atoms with Gasteiger partial charge in [0.05, 0.1) is 0 Å². The fraction of sp³-hybridized carbons (Fsp3) is 0.333. The number of nitrogens with two attached hydrogens (primary N) is 1. The maximum atomic E-state index is 12.9. The largest absolute Gasteiger partial charge is 0.536 e. The van der Waals surface area contributed by atoms with Gasteiger partial charge in [-0.3, -0.25) is 9.59 Å². The standard InChI is InChI=1S/C18H21BN4O5S/c1-10-4-3-5-11-6-12(19(26)28-17(10)11)7-14(24)16(13-9-29-18(20)22-13)23-27-8-15(25)21-2/h3-5,9,12,26H,6-8H2,1-2H3,(H2,20,22)(H,21,25)/b23-16-/t12-/m1/s1. The van der Waals surface area contributed by atoms with Crippen LogP contribution in [0.4, 0.5) is 5.13 Å². The highest BCUT2D eigenvalue weighted by Crippen LogP contribution is 2.36. The number of nitrogens with one attached hydrogen (secondary N) is 1. The van der Waals surface area contributed by atoms with Gasteiger partial charge in [-0.2, -0.15) is 0 Å². The maximum Gasteiger partial charge on any atom is 0.526 e. The highest BCUT2D eigenvalue weighted by molar-refractivity contribution is 7.13. The van der Waals surface area contributed by atoms with Crippen molar-refractivity contribution in [3.8, 4) is 5.75 Å². The van der Waals surface area contributed by atoms with E-state index in [-0.39, 0.29) is 35.5 Å². The number of aromatic nitrogens is 1. The van der Waals surface area contributed by atoms with E-state index in [9.17, 15) is 14.6 Å². The predicted molar refractivity (Wildman–Crippen MR) is 110 cm³/mol. The molecule has 0 fully saturated rings. The minimum absolute atomic E-state index is 0.0336. The third-order valence-corrected chi connectivity index (χ3v) is 5.20. The van der Waals surface area contributed by atoms with Crippen LogP contribution in [0.3, 0.4) is 0 Å². The molecule has 2 aromatic rings. The lowest BCUT2D eigenvalue weighted by Gasteiger charge is -2.28. The molecule has 11 heteroatoms. The molecule has 1 amide bonds. The first-order chi connectivity index (χ1) is 13.9. The fourth-order valence-electron chi connectivity index (χ4n) is 3.02. The summed E-state index contributed by atoms with van der Waals surface area (Å²) < 4.78 is 5.64. The number of para-hydroxylation sites is 1. The van der Waals surface area contributed by atoms with Gasteiger partial charge in [0, 0.05) is 24.7 Å². The fourth-order valence-corrected chi connectivity index (χ4v) is 3.56. The van der Waals surface area contributed by atoms with E-state index in [1.165, 1.54) is 7.05 Å². The lowest BCUT2D eigenvalue weighted by Crippen LogP contribution is -2.36. The van der Waals surface area contributed by atoms with Gasteiger partial charge in [-0.05, 0) is 24.5 Å². The number of thiazole rings is 1. The van der Waals surface area contributed by atoms with Crippen LogP contribution in [0, 0.1) is 6.92 Å². The zero-order valence-electron chi connectivity index (χ0n) is 16.0. The van der Waals surface area contributed by atoms with Crippen molar-refractivity contribution in [2.45, 2.75) is 25.6 Å². The molecule has 0 saturated carbocycles. The van der Waals surface area contributed by atoms with Crippen LogP contribution in [0.1, 0.15) is 23.2 Å². The van der Waals surface area contributed by atoms with Crippen molar-refractivity contribution in [1.29, 1.82) is 0 Å². The molecule has 3 rings (SSSR count). The molecular formula is C18H21BN4O5S. The Kier molecular flexibility index (Phi) is 6.50. The van der Waals surface area contributed by atoms with Crippen molar-refractivity contribution in [3.05, 3.63) is 40.4 Å². The Morgan fingerprint density at radius 3 is 3.00 bits per heavy atom. The summed E-state index contributed by atoms with van der Waals surface area (Å²) in [6.07, 6.45) is 0.448. The molecule has 4 N–H and O–H groups in total. The Hall–Kier alpha value is -2.92. The number of carbonyl (C=O) groups excluding carboxylic acids is 2. The Bertz CT molecular complexity index is 948. The smallest absolute Gasteiger partial charge is 0.526 e. The Morgan fingerprint density at radius 2 is 2.31 bits per heavy atom. The summed E-state index contributed by atoms with van der Waals surface area (Å²) in [5.41, 5.74) is 7.73. The van der Waals surface area contributed by atoms with Crippen LogP contribution < -0.4 is 15.7 Å². The summed E-state index contributed by atoms with van der Waals surface area (Å²) in [5, 5.41) is 18.5. The molecule has 2 heterocycles. The quantitative estimate of drug-likeness (QED) is 0.347. The lowest BCUT2D eigenvalue weighted by molar-refractivity contribution is -0.125. The van der Waals surface area contributed by atoms with Crippen molar-refractivity contribution >= 4 is 41.0 Å². The number of benzene rings is 1. The second kappa shape index (κ2) is 9.06. The summed E-state index contributed by atoms with van der Waals surface area (Å²) >= 11 is 1.16. The van der Waals surface area contributed by atoms with Gasteiger partial charge in [-0.1, -0.05) is 23.4 Å². The summed E-state index contributed by atoms with van der Waals surface area (Å²) in [6.45, 7) is 1.56. The number of hydrogen-bond acceptors (Lipinski definition) is 9. The summed E-state index contributed by atoms with van der Waals surface area (Å²) in [6, 6.07) is 5.72. The van der Waals surface area contributed by atoms with E-state index in [1.807, 2.05) is 25.1 Å². The molecule has 1 aliphatic rings. The zero-order chi connectivity index (χ0) is 21.0. The lowest BCUT2D eigenvalue weighted by atomic mass is 9.64. The van der Waals surface area contributed by atoms with E-state index in [2.05, 4.69) is 15.5 Å². The van der Waals surface area contributed by atoms with E-state index >= 15 is 0 Å². The molecule has 1 atom stereocenters. The Labute approximate surface area is 172 Å². The SMILES string of the molecule is CNC(=O)CO/N=C(\C(=O)C[C@H]1Cc2cccc(C)c2OB1O)c1csc(N)n1. The average Bonchev–Trinajstić information content (AvgIpc) is 3.12. The van der Waals surface area contributed by atoms with Crippen LogP contribution in [0.5, 0.6) is 5.75 Å². The molecule has 0 saturated heterocycles. The number of aryl methyl sites for hydroxylation is 1. The van der Waals surface area contributed by atoms with Crippen molar-refractivity contribution in [2.24, 2.45) is 5.16 Å². The second-order valence-corrected chi connectivity index (χ2v) is 7.51. The number of amides is 1. The number of nitrogens with zero attached hydrogens (tertiary/aromatic N) is 2. The number of nitrogen functional groups attached to an aromatic ring is 1. The van der Waals surface area contributed by atoms with Gasteiger partial charge in [-0.25, -0.2) is 4.98 Å². The normalized spacial score (nSPS) is 16.0. The number of likely N-dealkylation sites (N-methyl/N-ethyl adjacent to an activating group) is 1. The molecule has 29 heavy (non-hydrogen) atoms. The van der Waals surface area contributed by atoms with Gasteiger partial charge in [0.15, 0.2) is 23.2 Å². The van der Waals surface area contributed by atoms with Crippen LogP contribution in [-0.4, -0.2) is 48.2 Å². The van der Waals surface area contributed by atoms with E-state index in [0.29, 0.717) is 12.2 Å². The third kappa shape index (κ3) is 4.93. The van der Waals surface area contributed by atoms with Gasteiger partial charge in [0.1, 0.15) is 11.4 Å². The molecule has 0 aliphatic carbocycles. The van der Waals surface area contributed by atoms with Gasteiger partial charge < -0.3 is 25.6 Å². The number of carbonyl (C=O) groups is 2. The molecule has 0 unspecified atom stereocenters. The van der Waals surface area contributed by atoms with Crippen molar-refractivity contribution in [2.75, 3.05) is 19.4 Å². The second-order valence-electron chi connectivity index (χ2n) is 6.62. The number of hydrogen-bond donors (Lipinski definition) is 3. The predicted octanol–water partition coefficient (Wildman–Crippen LogP) is 0.945. The first-order valence-electron chi connectivity index (χ1n) is 8.97. The minimum atomic E-state index is -1.12. The average molecular weight is 416 g/mol. The number of Topliss-reactive ketones (excluding diaryl/α,β-unsaturated/α-hetero) is 1. The van der Waals surface area contributed by atoms with E-state index in [1.54, 1.807) is 5.38 Å². The monoisotopic (exact) mass is 416 g/mol. The summed E-state index contributed by atoms with van der Waals surface area (Å²) in [4.78, 5) is 33.4. The van der Waals surface area contributed by atoms with Crippen LogP contribution in [0.15, 0.2) is 28.7 Å². The van der Waals surface area contributed by atoms with Gasteiger partial charge in [-0.15, -0.1) is 11.3 Å². The number of rotatable bonds is 7. The Morgan fingerprint density at radius 1 is 1.52 bits per heavy atom. The first-order valence-corrected chi connectivity index (χ1v) is 9.85. The van der Waals surface area contributed by atoms with Crippen LogP contribution in [0.25, 0.3) is 0 Å². The van der Waals surface area contributed by atoms with Crippen LogP contribution in [-0.2, 0) is 20.8 Å². The molecule has 0 radical (unpaired) electrons. The highest BCUT2D eigenvalue weighted by atomic mass is 32.1. The molecule has 1 aliphatic heterocycles. The zero-order valence-corrected chi connectivity index (χ0v) is 16.9. The van der Waals surface area contributed by atoms with Crippen molar-refractivity contribution in [1.82, 2.24) is 10.3 Å². The molecule has 1 aromatic heterocycles. The van der Waals surface area contributed by atoms with Crippen LogP contribution >= 0.6 is 11.3 Å². The maximum absolute atomic E-state index is 12.9. The molecule has 0 bridgehead atoms. The van der Waals surface area contributed by atoms with E-state index in [0.717, 1.165) is 22.5 Å². The number of anilines is 1. The topological polar surface area (TPSA) is 136 Å². The first kappa shape index (κ1) is 20.8. The number of fused-ring (bicyclic) bond motifs is 1. The van der Waals surface area contributed by atoms with E-state index in [4.69, 9.17) is 15.2 Å². The molecule has 9 nitrogen and oxygen atoms in total. The molecule has 152 valence electrons. The third-order valence-electron chi connectivity index (χ3n) is 4.52. The van der Waals surface area contributed by atoms with Crippen molar-refractivity contribution < 1.29 is 24.1 Å². The number of ketones is 1. The van der Waals surface area contributed by atoms with Crippen molar-refractivity contribution in [3.63, 3.8) is 0 Å². The van der Waals surface area contributed by atoms with Gasteiger partial charge >= 0.3 is 7.12 Å². The molecular weight excluding hydrogens is 395 g/mol. The Balaban J connectivity index is 1.77. The summed E-state index contributed by atoms with van der Waals surface area (Å²) in [5.74, 6) is -0.590. The highest BCUT2D eigenvalue weighted by Gasteiger charge is 2.37. The number of oxime groups is 1. The van der Waals surface area contributed by atoms with E-state index < -0.39 is 18.7 Å². The van der Waals surface area contributed by atoms with Crippen LogP contribution in [0.2, 0.25) is 5.82 Å². The van der Waals surface area contributed by atoms with Gasteiger partial charge in [0.2, 0.25) is 0 Å². The van der Waals surface area contributed by atoms with Gasteiger partial charge in [0.25, 0.3) is 5.91 Å². The summed E-state index contributed by atoms with van der Waals surface area (Å²) in [7, 11) is 0.341. The molecule has 1 aromatic carbocycles.